The van der Waals surface area contributed by atoms with E-state index in [4.69, 9.17) is 0 Å². The molecule has 1 aromatic carbocycles. The van der Waals surface area contributed by atoms with Gasteiger partial charge >= 0.3 is 0 Å². The van der Waals surface area contributed by atoms with Crippen LogP contribution in [-0.4, -0.2) is 6.21 Å². The molecule has 1 aromatic heterocycles. The van der Waals surface area contributed by atoms with Crippen LogP contribution in [0.3, 0.4) is 0 Å². The first-order valence-corrected chi connectivity index (χ1v) is 4.51. The fourth-order valence-electron chi connectivity index (χ4n) is 1.14. The molecule has 2 aromatic rings. The lowest BCUT2D eigenvalue weighted by atomic mass is 10.2. The predicted octanol–water partition coefficient (Wildman–Crippen LogP) is -1.14. The standard InChI is InChI=1S/C12H11N2.HI/c1-3-7-12(8-4-1)11-13-14-9-5-2-6-10-14;/h1-11H;1H/q+1;/p-1. The molecule has 0 amide bonds. The molecule has 0 unspecified atom stereocenters. The van der Waals surface area contributed by atoms with Crippen molar-refractivity contribution in [2.75, 3.05) is 0 Å². The van der Waals surface area contributed by atoms with Crippen molar-refractivity contribution in [1.82, 2.24) is 0 Å². The normalized spacial score (nSPS) is 9.87. The van der Waals surface area contributed by atoms with E-state index in [0.29, 0.717) is 0 Å². The molecule has 3 heteroatoms. The van der Waals surface area contributed by atoms with E-state index >= 15 is 0 Å². The number of hydrogen-bond acceptors (Lipinski definition) is 1. The summed E-state index contributed by atoms with van der Waals surface area (Å²) >= 11 is 0. The second kappa shape index (κ2) is 6.29. The third-order valence-electron chi connectivity index (χ3n) is 1.84. The minimum atomic E-state index is 0. The van der Waals surface area contributed by atoms with Gasteiger partial charge in [-0.05, 0) is 10.7 Å². The van der Waals surface area contributed by atoms with Crippen LogP contribution in [0.5, 0.6) is 0 Å². The molecule has 0 aliphatic rings. The summed E-state index contributed by atoms with van der Waals surface area (Å²) in [6.45, 7) is 0. The zero-order chi connectivity index (χ0) is 9.64. The first-order chi connectivity index (χ1) is 6.95. The first kappa shape index (κ1) is 11.8. The second-order valence-corrected chi connectivity index (χ2v) is 2.91. The highest BCUT2D eigenvalue weighted by Gasteiger charge is 1.91. The smallest absolute Gasteiger partial charge is 0.202 e. The van der Waals surface area contributed by atoms with Crippen molar-refractivity contribution in [3.8, 4) is 0 Å². The summed E-state index contributed by atoms with van der Waals surface area (Å²) < 4.78 is 1.77. The highest BCUT2D eigenvalue weighted by Crippen LogP contribution is 1.92. The van der Waals surface area contributed by atoms with Gasteiger partial charge in [-0.3, -0.25) is 0 Å². The summed E-state index contributed by atoms with van der Waals surface area (Å²) in [4.78, 5) is 0. The Morgan fingerprint density at radius 1 is 0.867 bits per heavy atom. The van der Waals surface area contributed by atoms with E-state index in [-0.39, 0.29) is 24.0 Å². The lowest BCUT2D eigenvalue weighted by Crippen LogP contribution is -3.00. The van der Waals surface area contributed by atoms with Crippen molar-refractivity contribution < 1.29 is 28.7 Å². The summed E-state index contributed by atoms with van der Waals surface area (Å²) in [6.07, 6.45) is 5.64. The number of benzene rings is 1. The van der Waals surface area contributed by atoms with E-state index in [2.05, 4.69) is 5.10 Å². The van der Waals surface area contributed by atoms with E-state index in [1.54, 1.807) is 4.68 Å². The third kappa shape index (κ3) is 3.79. The second-order valence-electron chi connectivity index (χ2n) is 2.91. The van der Waals surface area contributed by atoms with Gasteiger partial charge in [0.15, 0.2) is 0 Å². The van der Waals surface area contributed by atoms with Gasteiger partial charge in [0.25, 0.3) is 0 Å². The fourth-order valence-corrected chi connectivity index (χ4v) is 1.14. The Bertz CT molecular complexity index is 371. The molecule has 0 fully saturated rings. The van der Waals surface area contributed by atoms with Crippen LogP contribution in [0.2, 0.25) is 0 Å². The number of halogens is 1. The lowest BCUT2D eigenvalue weighted by Gasteiger charge is -1.87. The molecule has 0 saturated carbocycles. The van der Waals surface area contributed by atoms with Gasteiger partial charge in [-0.15, -0.1) is 0 Å². The topological polar surface area (TPSA) is 16.2 Å². The Morgan fingerprint density at radius 2 is 1.47 bits per heavy atom. The van der Waals surface area contributed by atoms with E-state index in [0.717, 1.165) is 5.56 Å². The molecule has 15 heavy (non-hydrogen) atoms. The van der Waals surface area contributed by atoms with Crippen LogP contribution in [0, 0.1) is 0 Å². The zero-order valence-corrected chi connectivity index (χ0v) is 10.3. The van der Waals surface area contributed by atoms with Crippen molar-refractivity contribution in [1.29, 1.82) is 0 Å². The minimum absolute atomic E-state index is 0. The van der Waals surface area contributed by atoms with Gasteiger partial charge in [0.05, 0.1) is 0 Å². The quantitative estimate of drug-likeness (QED) is 0.379. The molecule has 0 atom stereocenters. The van der Waals surface area contributed by atoms with Crippen molar-refractivity contribution in [3.05, 3.63) is 66.5 Å². The Hall–Kier alpha value is -1.23. The van der Waals surface area contributed by atoms with Gasteiger partial charge in [-0.1, -0.05) is 41.1 Å². The van der Waals surface area contributed by atoms with Crippen molar-refractivity contribution in [3.63, 3.8) is 0 Å². The molecule has 1 heterocycles. The van der Waals surface area contributed by atoms with Gasteiger partial charge < -0.3 is 24.0 Å². The van der Waals surface area contributed by atoms with Gasteiger partial charge in [0, 0.05) is 12.1 Å². The maximum absolute atomic E-state index is 4.27. The monoisotopic (exact) mass is 310 g/mol. The van der Waals surface area contributed by atoms with Crippen LogP contribution >= 0.6 is 0 Å². The van der Waals surface area contributed by atoms with Crippen LogP contribution in [0.15, 0.2) is 66.0 Å². The molecule has 0 aliphatic heterocycles. The van der Waals surface area contributed by atoms with Crippen LogP contribution in [-0.2, 0) is 0 Å². The summed E-state index contributed by atoms with van der Waals surface area (Å²) in [5.74, 6) is 0. The summed E-state index contributed by atoms with van der Waals surface area (Å²) in [5, 5.41) is 4.27. The number of nitrogens with zero attached hydrogens (tertiary/aromatic N) is 2. The molecular weight excluding hydrogens is 299 g/mol. The Balaban J connectivity index is 0.00000112. The van der Waals surface area contributed by atoms with Crippen molar-refractivity contribution >= 4 is 6.21 Å². The summed E-state index contributed by atoms with van der Waals surface area (Å²) in [6, 6.07) is 15.9. The molecule has 76 valence electrons. The summed E-state index contributed by atoms with van der Waals surface area (Å²) in [5.41, 5.74) is 1.10. The predicted molar refractivity (Wildman–Crippen MR) is 56.1 cm³/mol. The lowest BCUT2D eigenvalue weighted by molar-refractivity contribution is -0.678. The SMILES string of the molecule is C(=N[n+]1ccccc1)c1ccccc1.[I-]. The number of aromatic nitrogens is 1. The molecule has 2 rings (SSSR count). The zero-order valence-electron chi connectivity index (χ0n) is 8.12. The average Bonchev–Trinajstić information content (AvgIpc) is 2.29. The number of pyridine rings is 1. The van der Waals surface area contributed by atoms with Crippen LogP contribution in [0.4, 0.5) is 0 Å². The van der Waals surface area contributed by atoms with E-state index in [9.17, 15) is 0 Å². The van der Waals surface area contributed by atoms with Gasteiger partial charge in [0.1, 0.15) is 6.21 Å². The number of rotatable bonds is 2. The molecule has 0 saturated heterocycles. The molecule has 0 aliphatic carbocycles. The molecule has 0 bridgehead atoms. The fraction of sp³-hybridized carbons (Fsp3) is 0. The van der Waals surface area contributed by atoms with E-state index < -0.39 is 0 Å². The maximum Gasteiger partial charge on any atom is 0.202 e. The molecular formula is C12H11IN2. The van der Waals surface area contributed by atoms with Crippen LogP contribution < -0.4 is 28.7 Å². The summed E-state index contributed by atoms with van der Waals surface area (Å²) in [7, 11) is 0. The molecule has 0 N–H and O–H groups in total. The minimum Gasteiger partial charge on any atom is -1.00 e. The van der Waals surface area contributed by atoms with Gasteiger partial charge in [0.2, 0.25) is 12.4 Å². The molecule has 2 nitrogen and oxygen atoms in total. The Kier molecular flexibility index (Phi) is 4.97. The maximum atomic E-state index is 4.27. The van der Waals surface area contributed by atoms with Crippen LogP contribution in [0.25, 0.3) is 0 Å². The Labute approximate surface area is 106 Å². The molecule has 0 radical (unpaired) electrons. The van der Waals surface area contributed by atoms with Crippen molar-refractivity contribution in [2.45, 2.75) is 0 Å². The highest BCUT2D eigenvalue weighted by molar-refractivity contribution is 5.78. The van der Waals surface area contributed by atoms with E-state index in [1.165, 1.54) is 0 Å². The van der Waals surface area contributed by atoms with Crippen LogP contribution in [0.1, 0.15) is 5.56 Å². The van der Waals surface area contributed by atoms with Crippen molar-refractivity contribution in [2.24, 2.45) is 5.10 Å². The van der Waals surface area contributed by atoms with Gasteiger partial charge in [-0.25, -0.2) is 0 Å². The highest BCUT2D eigenvalue weighted by atomic mass is 127. The Morgan fingerprint density at radius 3 is 2.13 bits per heavy atom. The van der Waals surface area contributed by atoms with E-state index in [1.807, 2.05) is 67.1 Å². The third-order valence-corrected chi connectivity index (χ3v) is 1.84. The largest absolute Gasteiger partial charge is 1.00 e. The molecule has 0 spiro atoms. The average molecular weight is 310 g/mol. The first-order valence-electron chi connectivity index (χ1n) is 4.51. The van der Waals surface area contributed by atoms with Gasteiger partial charge in [-0.2, -0.15) is 0 Å². The number of hydrogen-bond donors (Lipinski definition) is 0.